The highest BCUT2D eigenvalue weighted by Crippen LogP contribution is 2.54. The molecule has 0 aromatic carbocycles. The second-order valence-electron chi connectivity index (χ2n) is 8.43. The topological polar surface area (TPSA) is 136 Å². The second-order valence-corrected chi connectivity index (χ2v) is 9.85. The van der Waals surface area contributed by atoms with Crippen molar-refractivity contribution < 1.29 is 0 Å². The van der Waals surface area contributed by atoms with Gasteiger partial charge in [-0.05, 0) is 24.2 Å². The number of aromatic nitrogens is 6. The van der Waals surface area contributed by atoms with Crippen molar-refractivity contribution in [2.75, 3.05) is 24.5 Å². The molecule has 6 rings (SSSR count). The van der Waals surface area contributed by atoms with Gasteiger partial charge in [-0.25, -0.2) is 19.9 Å². The van der Waals surface area contributed by atoms with Gasteiger partial charge in [-0.15, -0.1) is 0 Å². The van der Waals surface area contributed by atoms with Crippen molar-refractivity contribution in [3.8, 4) is 0 Å². The van der Waals surface area contributed by atoms with Gasteiger partial charge in [0, 0.05) is 66.2 Å². The van der Waals surface area contributed by atoms with Crippen LogP contribution in [0.4, 0.5) is 5.82 Å². The van der Waals surface area contributed by atoms with Gasteiger partial charge in [0.05, 0.1) is 10.4 Å². The van der Waals surface area contributed by atoms with Crippen LogP contribution in [0, 0.1) is 11.8 Å². The third-order valence-corrected chi connectivity index (χ3v) is 7.97. The predicted octanol–water partition coefficient (Wildman–Crippen LogP) is 2.39. The first-order chi connectivity index (χ1) is 15.5. The van der Waals surface area contributed by atoms with Crippen molar-refractivity contribution in [1.82, 2.24) is 29.9 Å². The van der Waals surface area contributed by atoms with Crippen LogP contribution in [0.25, 0.3) is 22.2 Å². The Morgan fingerprint density at radius 2 is 2.00 bits per heavy atom. The molecule has 32 heavy (non-hydrogen) atoms. The highest BCUT2D eigenvalue weighted by atomic mass is 35.5. The molecule has 9 nitrogen and oxygen atoms in total. The molecule has 4 aromatic heterocycles. The summed E-state index contributed by atoms with van der Waals surface area (Å²) in [5.41, 5.74) is 15.2. The number of H-pyrrole nitrogens is 1. The Hall–Kier alpha value is -2.53. The molecular formula is C21H22ClN9S. The molecule has 0 amide bonds. The molecule has 5 heterocycles. The van der Waals surface area contributed by atoms with Crippen LogP contribution in [-0.2, 0) is 6.42 Å². The van der Waals surface area contributed by atoms with Gasteiger partial charge in [-0.3, -0.25) is 4.98 Å². The van der Waals surface area contributed by atoms with Crippen molar-refractivity contribution in [1.29, 1.82) is 0 Å². The Bertz CT molecular complexity index is 1340. The Balaban J connectivity index is 1.40. The maximum absolute atomic E-state index is 6.74. The third-order valence-electron chi connectivity index (χ3n) is 6.73. The van der Waals surface area contributed by atoms with Gasteiger partial charge in [0.2, 0.25) is 0 Å². The van der Waals surface area contributed by atoms with Crippen LogP contribution in [0.15, 0.2) is 34.7 Å². The molecule has 0 unspecified atom stereocenters. The summed E-state index contributed by atoms with van der Waals surface area (Å²) in [6, 6.07) is 1.95. The highest BCUT2D eigenvalue weighted by molar-refractivity contribution is 7.99. The number of pyridine rings is 1. The van der Waals surface area contributed by atoms with Gasteiger partial charge >= 0.3 is 0 Å². The molecule has 164 valence electrons. The average Bonchev–Trinajstić information content (AvgIpc) is 3.14. The first-order valence-electron chi connectivity index (χ1n) is 10.6. The van der Waals surface area contributed by atoms with Crippen LogP contribution < -0.4 is 16.4 Å². The molecule has 2 fully saturated rings. The van der Waals surface area contributed by atoms with Crippen LogP contribution in [0.1, 0.15) is 12.6 Å². The summed E-state index contributed by atoms with van der Waals surface area (Å²) in [5.74, 6) is 1.62. The van der Waals surface area contributed by atoms with Crippen LogP contribution in [-0.4, -0.2) is 55.1 Å². The van der Waals surface area contributed by atoms with Gasteiger partial charge in [0.15, 0.2) is 10.8 Å². The first-order valence-corrected chi connectivity index (χ1v) is 11.8. The minimum Gasteiger partial charge on any atom is -0.355 e. The number of rotatable bonds is 5. The SMILES string of the molecule is CCc1[nH]c2nc(Sc3cnc4nccnc4c3)nc(N3C[C@@H]4[C@H](C3)[C@@]4(N)CN)c2c1Cl. The van der Waals surface area contributed by atoms with Crippen LogP contribution in [0.3, 0.4) is 0 Å². The summed E-state index contributed by atoms with van der Waals surface area (Å²) >= 11 is 8.18. The standard InChI is InChI=1S/C21H22ClN9S/c1-2-13-16(22)15-18(28-13)29-20(32-10-5-14-17(27-6-10)26-4-3-25-14)30-19(15)31-7-11-12(8-31)21(11,24)9-23/h3-6,11-12H,2,7-9,23-24H2,1H3,(H,28,29,30)/t11-,12+,21-. The zero-order chi connectivity index (χ0) is 22.0. The molecule has 1 saturated carbocycles. The number of piperidine rings is 1. The first kappa shape index (κ1) is 20.1. The van der Waals surface area contributed by atoms with Gasteiger partial charge in [0.25, 0.3) is 0 Å². The zero-order valence-electron chi connectivity index (χ0n) is 17.4. The number of aryl methyl sites for hydroxylation is 1. The third kappa shape index (κ3) is 2.97. The molecule has 0 bridgehead atoms. The van der Waals surface area contributed by atoms with Crippen molar-refractivity contribution in [3.63, 3.8) is 0 Å². The number of nitrogens with two attached hydrogens (primary N) is 2. The Kier molecular flexibility index (Phi) is 4.55. The lowest BCUT2D eigenvalue weighted by Gasteiger charge is -2.25. The second kappa shape index (κ2) is 7.24. The van der Waals surface area contributed by atoms with E-state index in [1.54, 1.807) is 18.6 Å². The van der Waals surface area contributed by atoms with Crippen LogP contribution in [0.2, 0.25) is 5.02 Å². The molecule has 1 aliphatic heterocycles. The minimum atomic E-state index is -0.242. The van der Waals surface area contributed by atoms with E-state index in [2.05, 4.69) is 31.8 Å². The molecule has 1 aliphatic carbocycles. The Morgan fingerprint density at radius 3 is 2.75 bits per heavy atom. The van der Waals surface area contributed by atoms with E-state index in [1.165, 1.54) is 11.8 Å². The maximum atomic E-state index is 6.74. The van der Waals surface area contributed by atoms with E-state index in [-0.39, 0.29) is 5.54 Å². The summed E-state index contributed by atoms with van der Waals surface area (Å²) < 4.78 is 0. The predicted molar refractivity (Wildman–Crippen MR) is 125 cm³/mol. The highest BCUT2D eigenvalue weighted by Gasteiger charge is 2.65. The Morgan fingerprint density at radius 1 is 1.22 bits per heavy atom. The van der Waals surface area contributed by atoms with Crippen molar-refractivity contribution >= 4 is 51.4 Å². The number of aromatic amines is 1. The fourth-order valence-electron chi connectivity index (χ4n) is 4.84. The van der Waals surface area contributed by atoms with Crippen molar-refractivity contribution in [3.05, 3.63) is 35.4 Å². The number of hydrogen-bond donors (Lipinski definition) is 3. The van der Waals surface area contributed by atoms with E-state index in [1.807, 2.05) is 6.07 Å². The molecule has 0 radical (unpaired) electrons. The van der Waals surface area contributed by atoms with E-state index < -0.39 is 0 Å². The normalized spacial score (nSPS) is 24.4. The number of nitrogens with one attached hydrogen (secondary N) is 1. The van der Waals surface area contributed by atoms with E-state index in [4.69, 9.17) is 33.0 Å². The van der Waals surface area contributed by atoms with E-state index >= 15 is 0 Å². The summed E-state index contributed by atoms with van der Waals surface area (Å²) in [6.07, 6.45) is 5.84. The average molecular weight is 468 g/mol. The number of fused-ring (bicyclic) bond motifs is 3. The fourth-order valence-corrected chi connectivity index (χ4v) is 5.95. The summed E-state index contributed by atoms with van der Waals surface area (Å²) in [4.78, 5) is 29.2. The van der Waals surface area contributed by atoms with Gasteiger partial charge in [-0.2, -0.15) is 0 Å². The lowest BCUT2D eigenvalue weighted by molar-refractivity contribution is 0.547. The number of anilines is 1. The lowest BCUT2D eigenvalue weighted by Crippen LogP contribution is -2.43. The van der Waals surface area contributed by atoms with Gasteiger partial charge in [0.1, 0.15) is 17.0 Å². The molecule has 11 heteroatoms. The summed E-state index contributed by atoms with van der Waals surface area (Å²) in [7, 11) is 0. The van der Waals surface area contributed by atoms with E-state index in [0.29, 0.717) is 34.2 Å². The fraction of sp³-hybridized carbons (Fsp3) is 0.381. The van der Waals surface area contributed by atoms with Crippen LogP contribution >= 0.6 is 23.4 Å². The molecular weight excluding hydrogens is 446 g/mol. The van der Waals surface area contributed by atoms with E-state index in [0.717, 1.165) is 52.5 Å². The zero-order valence-corrected chi connectivity index (χ0v) is 19.0. The van der Waals surface area contributed by atoms with Gasteiger partial charge < -0.3 is 21.4 Å². The molecule has 4 aromatic rings. The van der Waals surface area contributed by atoms with E-state index in [9.17, 15) is 0 Å². The summed E-state index contributed by atoms with van der Waals surface area (Å²) in [6.45, 7) is 4.23. The lowest BCUT2D eigenvalue weighted by atomic mass is 10.1. The van der Waals surface area contributed by atoms with Crippen molar-refractivity contribution in [2.24, 2.45) is 23.3 Å². The molecule has 0 spiro atoms. The van der Waals surface area contributed by atoms with Crippen molar-refractivity contribution in [2.45, 2.75) is 28.9 Å². The monoisotopic (exact) mass is 467 g/mol. The number of nitrogens with zero attached hydrogens (tertiary/aromatic N) is 6. The molecule has 3 atom stereocenters. The number of halogens is 1. The van der Waals surface area contributed by atoms with Crippen LogP contribution in [0.5, 0.6) is 0 Å². The smallest absolute Gasteiger partial charge is 0.196 e. The minimum absolute atomic E-state index is 0.242. The maximum Gasteiger partial charge on any atom is 0.196 e. The quantitative estimate of drug-likeness (QED) is 0.378. The number of hydrogen-bond acceptors (Lipinski definition) is 9. The Labute approximate surface area is 193 Å². The molecule has 5 N–H and O–H groups in total. The largest absolute Gasteiger partial charge is 0.355 e. The summed E-state index contributed by atoms with van der Waals surface area (Å²) in [5, 5.41) is 2.18. The van der Waals surface area contributed by atoms with Gasteiger partial charge in [-0.1, -0.05) is 18.5 Å². The molecule has 1 saturated heterocycles. The molecule has 2 aliphatic rings.